The highest BCUT2D eigenvalue weighted by Gasteiger charge is 2.15. The van der Waals surface area contributed by atoms with E-state index in [4.69, 9.17) is 5.73 Å². The summed E-state index contributed by atoms with van der Waals surface area (Å²) in [5.74, 6) is 1.20. The van der Waals surface area contributed by atoms with Crippen molar-refractivity contribution in [3.63, 3.8) is 0 Å². The molecule has 1 aromatic rings. The Morgan fingerprint density at radius 1 is 1.17 bits per heavy atom. The fraction of sp³-hybridized carbons (Fsp3) is 0.625. The molecule has 0 heterocycles. The van der Waals surface area contributed by atoms with E-state index in [1.54, 1.807) is 0 Å². The molecule has 2 unspecified atom stereocenters. The van der Waals surface area contributed by atoms with Crippen LogP contribution in [0.25, 0.3) is 0 Å². The quantitative estimate of drug-likeness (QED) is 0.740. The molecule has 0 aliphatic carbocycles. The second kappa shape index (κ2) is 8.28. The first-order chi connectivity index (χ1) is 8.69. The largest absolute Gasteiger partial charge is 0.330 e. The van der Waals surface area contributed by atoms with Crippen LogP contribution in [0.2, 0.25) is 0 Å². The first-order valence-corrected chi connectivity index (χ1v) is 7.17. The zero-order valence-corrected chi connectivity index (χ0v) is 12.0. The third-order valence-corrected chi connectivity index (χ3v) is 3.65. The van der Waals surface area contributed by atoms with Gasteiger partial charge >= 0.3 is 0 Å². The molecule has 0 aliphatic rings. The van der Waals surface area contributed by atoms with Crippen molar-refractivity contribution in [2.45, 2.75) is 39.7 Å². The lowest BCUT2D eigenvalue weighted by molar-refractivity contribution is 0.344. The van der Waals surface area contributed by atoms with Crippen LogP contribution in [-0.4, -0.2) is 13.1 Å². The number of nitrogens with one attached hydrogen (secondary N) is 1. The average Bonchev–Trinajstić information content (AvgIpc) is 2.39. The fourth-order valence-electron chi connectivity index (χ4n) is 2.25. The predicted octanol–water partition coefficient (Wildman–Crippen LogP) is 3.35. The maximum atomic E-state index is 5.83. The highest BCUT2D eigenvalue weighted by molar-refractivity contribution is 5.18. The Labute approximate surface area is 112 Å². The van der Waals surface area contributed by atoms with Gasteiger partial charge in [-0.25, -0.2) is 0 Å². The molecular formula is C16H28N2. The van der Waals surface area contributed by atoms with Crippen molar-refractivity contribution in [1.82, 2.24) is 5.32 Å². The highest BCUT2D eigenvalue weighted by Crippen LogP contribution is 2.19. The highest BCUT2D eigenvalue weighted by atomic mass is 14.9. The number of rotatable bonds is 8. The normalized spacial score (nSPS) is 14.7. The van der Waals surface area contributed by atoms with E-state index in [0.29, 0.717) is 17.9 Å². The minimum Gasteiger partial charge on any atom is -0.330 e. The zero-order valence-electron chi connectivity index (χ0n) is 12.0. The van der Waals surface area contributed by atoms with Crippen molar-refractivity contribution < 1.29 is 0 Å². The van der Waals surface area contributed by atoms with Gasteiger partial charge in [-0.1, -0.05) is 57.5 Å². The van der Waals surface area contributed by atoms with E-state index >= 15 is 0 Å². The van der Waals surface area contributed by atoms with Crippen LogP contribution in [0, 0.1) is 11.8 Å². The Hall–Kier alpha value is -0.860. The van der Waals surface area contributed by atoms with E-state index in [-0.39, 0.29) is 0 Å². The van der Waals surface area contributed by atoms with Crippen LogP contribution in [-0.2, 0) is 0 Å². The van der Waals surface area contributed by atoms with E-state index in [1.807, 2.05) is 0 Å². The van der Waals surface area contributed by atoms with Gasteiger partial charge in [-0.3, -0.25) is 0 Å². The van der Waals surface area contributed by atoms with Gasteiger partial charge in [0.05, 0.1) is 0 Å². The summed E-state index contributed by atoms with van der Waals surface area (Å²) in [5, 5.41) is 3.69. The van der Waals surface area contributed by atoms with Crippen molar-refractivity contribution >= 4 is 0 Å². The second-order valence-electron chi connectivity index (χ2n) is 5.40. The van der Waals surface area contributed by atoms with Gasteiger partial charge in [-0.05, 0) is 36.9 Å². The van der Waals surface area contributed by atoms with E-state index in [1.165, 1.54) is 18.4 Å². The summed E-state index contributed by atoms with van der Waals surface area (Å²) in [7, 11) is 0. The lowest BCUT2D eigenvalue weighted by Crippen LogP contribution is -2.34. The van der Waals surface area contributed by atoms with Gasteiger partial charge in [0.2, 0.25) is 0 Å². The molecule has 0 saturated carbocycles. The molecule has 2 atom stereocenters. The summed E-state index contributed by atoms with van der Waals surface area (Å²) in [6.45, 7) is 8.50. The first kappa shape index (κ1) is 15.2. The lowest BCUT2D eigenvalue weighted by Gasteiger charge is -2.24. The number of nitrogens with two attached hydrogens (primary N) is 1. The molecule has 3 N–H and O–H groups in total. The van der Waals surface area contributed by atoms with E-state index in [0.717, 1.165) is 13.1 Å². The number of hydrogen-bond acceptors (Lipinski definition) is 2. The van der Waals surface area contributed by atoms with Crippen LogP contribution < -0.4 is 11.1 Å². The average molecular weight is 248 g/mol. The lowest BCUT2D eigenvalue weighted by atomic mass is 9.94. The number of hydrogen-bond donors (Lipinski definition) is 2. The smallest absolute Gasteiger partial charge is 0.0320 e. The molecule has 0 spiro atoms. The van der Waals surface area contributed by atoms with Crippen LogP contribution in [0.1, 0.15) is 45.2 Å². The summed E-state index contributed by atoms with van der Waals surface area (Å²) in [6, 6.07) is 11.2. The summed E-state index contributed by atoms with van der Waals surface area (Å²) in [6.07, 6.45) is 2.38. The van der Waals surface area contributed by atoms with Gasteiger partial charge in [-0.15, -0.1) is 0 Å². The van der Waals surface area contributed by atoms with Crippen LogP contribution >= 0.6 is 0 Å². The fourth-order valence-corrected chi connectivity index (χ4v) is 2.25. The SMILES string of the molecule is CCCC(NCC(CN)C(C)C)c1ccccc1. The van der Waals surface area contributed by atoms with Crippen molar-refractivity contribution in [3.05, 3.63) is 35.9 Å². The third kappa shape index (κ3) is 4.79. The molecular weight excluding hydrogens is 220 g/mol. The molecule has 0 saturated heterocycles. The van der Waals surface area contributed by atoms with E-state index < -0.39 is 0 Å². The molecule has 0 fully saturated rings. The van der Waals surface area contributed by atoms with Crippen LogP contribution in [0.15, 0.2) is 30.3 Å². The van der Waals surface area contributed by atoms with Gasteiger partial charge in [0.1, 0.15) is 0 Å². The maximum absolute atomic E-state index is 5.83. The molecule has 0 bridgehead atoms. The summed E-state index contributed by atoms with van der Waals surface area (Å²) in [4.78, 5) is 0. The van der Waals surface area contributed by atoms with E-state index in [2.05, 4.69) is 56.4 Å². The van der Waals surface area contributed by atoms with Crippen LogP contribution in [0.5, 0.6) is 0 Å². The molecule has 0 aromatic heterocycles. The van der Waals surface area contributed by atoms with Crippen LogP contribution in [0.3, 0.4) is 0 Å². The molecule has 1 aromatic carbocycles. The molecule has 1 rings (SSSR count). The van der Waals surface area contributed by atoms with Gasteiger partial charge in [-0.2, -0.15) is 0 Å². The molecule has 102 valence electrons. The summed E-state index contributed by atoms with van der Waals surface area (Å²) < 4.78 is 0. The second-order valence-corrected chi connectivity index (χ2v) is 5.40. The standard InChI is InChI=1S/C16H28N2/c1-4-8-16(14-9-6-5-7-10-14)18-12-15(11-17)13(2)3/h5-7,9-10,13,15-16,18H,4,8,11-12,17H2,1-3H3. The molecule has 2 heteroatoms. The summed E-state index contributed by atoms with van der Waals surface area (Å²) in [5.41, 5.74) is 7.22. The van der Waals surface area contributed by atoms with Gasteiger partial charge < -0.3 is 11.1 Å². The van der Waals surface area contributed by atoms with Crippen LogP contribution in [0.4, 0.5) is 0 Å². The molecule has 2 nitrogen and oxygen atoms in total. The van der Waals surface area contributed by atoms with Gasteiger partial charge in [0.15, 0.2) is 0 Å². The zero-order chi connectivity index (χ0) is 13.4. The van der Waals surface area contributed by atoms with Gasteiger partial charge in [0, 0.05) is 6.04 Å². The van der Waals surface area contributed by atoms with Gasteiger partial charge in [0.25, 0.3) is 0 Å². The Morgan fingerprint density at radius 2 is 1.83 bits per heavy atom. The number of benzene rings is 1. The Balaban J connectivity index is 2.58. The van der Waals surface area contributed by atoms with Crippen molar-refractivity contribution in [3.8, 4) is 0 Å². The Kier molecular flexibility index (Phi) is 6.99. The minimum absolute atomic E-state index is 0.462. The third-order valence-electron chi connectivity index (χ3n) is 3.65. The van der Waals surface area contributed by atoms with E-state index in [9.17, 15) is 0 Å². The first-order valence-electron chi connectivity index (χ1n) is 7.17. The topological polar surface area (TPSA) is 38.0 Å². The van der Waals surface area contributed by atoms with Crippen molar-refractivity contribution in [2.75, 3.05) is 13.1 Å². The molecule has 0 radical (unpaired) electrons. The maximum Gasteiger partial charge on any atom is 0.0320 e. The molecule has 18 heavy (non-hydrogen) atoms. The minimum atomic E-state index is 0.462. The molecule has 0 amide bonds. The summed E-state index contributed by atoms with van der Waals surface area (Å²) >= 11 is 0. The van der Waals surface area contributed by atoms with Crippen molar-refractivity contribution in [2.24, 2.45) is 17.6 Å². The monoisotopic (exact) mass is 248 g/mol. The Bertz CT molecular complexity index is 308. The van der Waals surface area contributed by atoms with Crippen molar-refractivity contribution in [1.29, 1.82) is 0 Å². The predicted molar refractivity (Wildman–Crippen MR) is 79.5 cm³/mol. The molecule has 0 aliphatic heterocycles. The Morgan fingerprint density at radius 3 is 2.33 bits per heavy atom.